The Bertz CT molecular complexity index is 928. The Labute approximate surface area is 158 Å². The molecule has 2 aromatic rings. The number of halogens is 1. The summed E-state index contributed by atoms with van der Waals surface area (Å²) in [5.41, 5.74) is 1.05. The first-order valence-electron chi connectivity index (χ1n) is 8.42. The van der Waals surface area contributed by atoms with E-state index in [1.54, 1.807) is 28.9 Å². The Morgan fingerprint density at radius 2 is 1.92 bits per heavy atom. The number of nitrogens with one attached hydrogen (secondary N) is 1. The lowest BCUT2D eigenvalue weighted by Crippen LogP contribution is -2.20. The van der Waals surface area contributed by atoms with Gasteiger partial charge in [0.15, 0.2) is 9.84 Å². The normalized spacial score (nSPS) is 19.5. The molecule has 0 aliphatic carbocycles. The van der Waals surface area contributed by atoms with Gasteiger partial charge in [0.2, 0.25) is 0 Å². The largest absolute Gasteiger partial charge is 0.307 e. The lowest BCUT2D eigenvalue weighted by atomic mass is 9.92. The zero-order chi connectivity index (χ0) is 19.1. The maximum atomic E-state index is 12.6. The molecule has 1 aromatic heterocycles. The zero-order valence-electron chi connectivity index (χ0n) is 15.0. The third-order valence-electron chi connectivity index (χ3n) is 4.41. The van der Waals surface area contributed by atoms with Crippen LogP contribution in [0.1, 0.15) is 49.3 Å². The Kier molecular flexibility index (Phi) is 4.88. The minimum absolute atomic E-state index is 0.0437. The van der Waals surface area contributed by atoms with Crippen LogP contribution in [0.2, 0.25) is 5.02 Å². The van der Waals surface area contributed by atoms with Crippen LogP contribution in [0.5, 0.6) is 0 Å². The molecule has 8 heteroatoms. The van der Waals surface area contributed by atoms with E-state index in [1.807, 2.05) is 26.8 Å². The quantitative estimate of drug-likeness (QED) is 0.862. The number of amides is 1. The number of hydrogen-bond donors (Lipinski definition) is 1. The lowest BCUT2D eigenvalue weighted by Gasteiger charge is -2.15. The first-order chi connectivity index (χ1) is 12.0. The summed E-state index contributed by atoms with van der Waals surface area (Å²) in [5, 5.41) is 8.03. The number of aromatic nitrogens is 2. The Morgan fingerprint density at radius 1 is 1.27 bits per heavy atom. The van der Waals surface area contributed by atoms with E-state index in [4.69, 9.17) is 11.6 Å². The molecule has 0 spiro atoms. The van der Waals surface area contributed by atoms with Crippen LogP contribution >= 0.6 is 11.6 Å². The highest BCUT2D eigenvalue weighted by Crippen LogP contribution is 2.31. The summed E-state index contributed by atoms with van der Waals surface area (Å²) in [4.78, 5) is 12.6. The number of carbonyl (C=O) groups excluding carboxylic acids is 1. The van der Waals surface area contributed by atoms with Crippen molar-refractivity contribution >= 4 is 33.2 Å². The van der Waals surface area contributed by atoms with Gasteiger partial charge in [0.05, 0.1) is 23.2 Å². The van der Waals surface area contributed by atoms with Gasteiger partial charge in [0, 0.05) is 22.1 Å². The van der Waals surface area contributed by atoms with Crippen LogP contribution in [0.25, 0.3) is 0 Å². The summed E-state index contributed by atoms with van der Waals surface area (Å²) in [6, 6.07) is 8.14. The molecule has 1 atom stereocenters. The van der Waals surface area contributed by atoms with Crippen molar-refractivity contribution in [3.05, 3.63) is 46.6 Å². The molecule has 0 radical (unpaired) electrons. The van der Waals surface area contributed by atoms with Crippen LogP contribution in [0.4, 0.5) is 5.82 Å². The molecule has 140 valence electrons. The molecule has 1 saturated heterocycles. The summed E-state index contributed by atoms with van der Waals surface area (Å²) >= 11 is 5.87. The summed E-state index contributed by atoms with van der Waals surface area (Å²) in [5.74, 6) is 0.413. The second-order valence-corrected chi connectivity index (χ2v) is 10.3. The van der Waals surface area contributed by atoms with Crippen LogP contribution in [0.15, 0.2) is 30.3 Å². The fourth-order valence-electron chi connectivity index (χ4n) is 2.89. The summed E-state index contributed by atoms with van der Waals surface area (Å²) < 4.78 is 25.4. The molecule has 0 unspecified atom stereocenters. The standard InChI is InChI=1S/C18H22ClN3O3S/c1-18(2,3)15-10-16(20-17(23)12-4-6-13(19)7-5-12)22(21-15)14-8-9-26(24,25)11-14/h4-7,10,14H,8-9,11H2,1-3H3,(H,20,23)/t14-/m1/s1. The molecule has 0 bridgehead atoms. The third kappa shape index (κ3) is 4.10. The fraction of sp³-hybridized carbons (Fsp3) is 0.444. The second kappa shape index (κ2) is 6.70. The average molecular weight is 396 g/mol. The number of carbonyl (C=O) groups is 1. The van der Waals surface area contributed by atoms with Crippen molar-refractivity contribution in [1.29, 1.82) is 0 Å². The molecule has 1 N–H and O–H groups in total. The van der Waals surface area contributed by atoms with Crippen molar-refractivity contribution in [1.82, 2.24) is 9.78 Å². The highest BCUT2D eigenvalue weighted by atomic mass is 35.5. The minimum Gasteiger partial charge on any atom is -0.307 e. The van der Waals surface area contributed by atoms with Gasteiger partial charge in [-0.15, -0.1) is 0 Å². The summed E-state index contributed by atoms with van der Waals surface area (Å²) in [6.07, 6.45) is 0.497. The van der Waals surface area contributed by atoms with Gasteiger partial charge >= 0.3 is 0 Å². The van der Waals surface area contributed by atoms with Gasteiger partial charge in [-0.3, -0.25) is 4.79 Å². The van der Waals surface area contributed by atoms with Crippen molar-refractivity contribution in [2.45, 2.75) is 38.6 Å². The molecule has 0 saturated carbocycles. The van der Waals surface area contributed by atoms with Crippen LogP contribution < -0.4 is 5.32 Å². The van der Waals surface area contributed by atoms with E-state index in [-0.39, 0.29) is 28.9 Å². The van der Waals surface area contributed by atoms with E-state index >= 15 is 0 Å². The minimum atomic E-state index is -3.06. The van der Waals surface area contributed by atoms with Gasteiger partial charge in [-0.2, -0.15) is 5.10 Å². The Morgan fingerprint density at radius 3 is 2.46 bits per heavy atom. The molecular formula is C18H22ClN3O3S. The predicted octanol–water partition coefficient (Wildman–Crippen LogP) is 3.45. The van der Waals surface area contributed by atoms with Crippen molar-refractivity contribution in [3.63, 3.8) is 0 Å². The zero-order valence-corrected chi connectivity index (χ0v) is 16.6. The molecule has 1 fully saturated rings. The van der Waals surface area contributed by atoms with Crippen LogP contribution in [0, 0.1) is 0 Å². The van der Waals surface area contributed by atoms with E-state index in [2.05, 4.69) is 10.4 Å². The van der Waals surface area contributed by atoms with Crippen LogP contribution in [-0.4, -0.2) is 35.6 Å². The first-order valence-corrected chi connectivity index (χ1v) is 10.6. The van der Waals surface area contributed by atoms with E-state index in [1.165, 1.54) is 0 Å². The number of rotatable bonds is 3. The van der Waals surface area contributed by atoms with Gasteiger partial charge in [-0.25, -0.2) is 13.1 Å². The highest BCUT2D eigenvalue weighted by Gasteiger charge is 2.32. The van der Waals surface area contributed by atoms with Gasteiger partial charge in [-0.1, -0.05) is 32.4 Å². The van der Waals surface area contributed by atoms with E-state index in [0.717, 1.165) is 5.69 Å². The lowest BCUT2D eigenvalue weighted by molar-refractivity contribution is 0.102. The maximum Gasteiger partial charge on any atom is 0.256 e. The fourth-order valence-corrected chi connectivity index (χ4v) is 4.71. The molecule has 1 aliphatic heterocycles. The number of hydrogen-bond acceptors (Lipinski definition) is 4. The summed E-state index contributed by atoms with van der Waals surface area (Å²) in [7, 11) is -3.06. The molecule has 2 heterocycles. The topological polar surface area (TPSA) is 81.1 Å². The van der Waals surface area contributed by atoms with Crippen LogP contribution in [-0.2, 0) is 15.3 Å². The maximum absolute atomic E-state index is 12.6. The van der Waals surface area contributed by atoms with Crippen molar-refractivity contribution in [2.75, 3.05) is 16.8 Å². The van der Waals surface area contributed by atoms with Gasteiger partial charge in [0.25, 0.3) is 5.91 Å². The number of anilines is 1. The van der Waals surface area contributed by atoms with Crippen LogP contribution in [0.3, 0.4) is 0 Å². The monoisotopic (exact) mass is 395 g/mol. The smallest absolute Gasteiger partial charge is 0.256 e. The number of nitrogens with zero attached hydrogens (tertiary/aromatic N) is 2. The molecular weight excluding hydrogens is 374 g/mol. The predicted molar refractivity (Wildman–Crippen MR) is 103 cm³/mol. The van der Waals surface area contributed by atoms with Crippen molar-refractivity contribution in [3.8, 4) is 0 Å². The molecule has 6 nitrogen and oxygen atoms in total. The van der Waals surface area contributed by atoms with Crippen molar-refractivity contribution < 1.29 is 13.2 Å². The number of benzene rings is 1. The Hall–Kier alpha value is -1.86. The molecule has 26 heavy (non-hydrogen) atoms. The van der Waals surface area contributed by atoms with E-state index in [9.17, 15) is 13.2 Å². The third-order valence-corrected chi connectivity index (χ3v) is 6.41. The summed E-state index contributed by atoms with van der Waals surface area (Å²) in [6.45, 7) is 6.07. The number of sulfone groups is 1. The van der Waals surface area contributed by atoms with Gasteiger partial charge in [-0.05, 0) is 30.7 Å². The molecule has 1 aliphatic rings. The van der Waals surface area contributed by atoms with E-state index < -0.39 is 9.84 Å². The van der Waals surface area contributed by atoms with E-state index in [0.29, 0.717) is 22.8 Å². The molecule has 3 rings (SSSR count). The van der Waals surface area contributed by atoms with Gasteiger partial charge < -0.3 is 5.32 Å². The van der Waals surface area contributed by atoms with Crippen molar-refractivity contribution in [2.24, 2.45) is 0 Å². The SMILES string of the molecule is CC(C)(C)c1cc(NC(=O)c2ccc(Cl)cc2)n([C@@H]2CCS(=O)(=O)C2)n1. The Balaban J connectivity index is 1.93. The first kappa shape index (κ1) is 18.9. The highest BCUT2D eigenvalue weighted by molar-refractivity contribution is 7.91. The average Bonchev–Trinajstić information content (AvgIpc) is 3.10. The van der Waals surface area contributed by atoms with Gasteiger partial charge in [0.1, 0.15) is 5.82 Å². The second-order valence-electron chi connectivity index (χ2n) is 7.63. The molecule has 1 amide bonds. The molecule has 1 aromatic carbocycles.